The van der Waals surface area contributed by atoms with Gasteiger partial charge in [-0.3, -0.25) is 14.4 Å². The molecule has 0 bridgehead atoms. The minimum Gasteiger partial charge on any atom is -0.462 e. The summed E-state index contributed by atoms with van der Waals surface area (Å²) in [6, 6.07) is 0. The van der Waals surface area contributed by atoms with E-state index >= 15 is 0 Å². The van der Waals surface area contributed by atoms with Gasteiger partial charge in [-0.05, 0) is 70.6 Å². The third kappa shape index (κ3) is 44.3. The van der Waals surface area contributed by atoms with E-state index in [1.54, 1.807) is 0 Å². The van der Waals surface area contributed by atoms with Crippen LogP contribution in [-0.2, 0) is 28.6 Å². The van der Waals surface area contributed by atoms with E-state index in [-0.39, 0.29) is 31.1 Å². The molecule has 0 saturated carbocycles. The standard InChI is InChI=1S/C51H90O6/c1-4-7-10-13-16-19-21-23-25-26-28-29-32-35-38-41-44-50(53)56-47-48(46-55-49(52)43-40-37-34-31-18-15-12-9-6-3)57-51(54)45-42-39-36-33-30-27-24-22-20-17-14-11-8-5-2/h8,11,17,20,25-26,28-29,48H,4-7,9-10,12-16,18-19,21-24,27,30-47H2,1-3H3/b11-8-,20-17-,26-25-,29-28-. The minimum atomic E-state index is -0.783. The van der Waals surface area contributed by atoms with Crippen LogP contribution in [0.3, 0.4) is 0 Å². The molecule has 0 aromatic carbocycles. The number of carbonyl (C=O) groups is 3. The Labute approximate surface area is 352 Å². The van der Waals surface area contributed by atoms with Crippen molar-refractivity contribution in [2.24, 2.45) is 0 Å². The van der Waals surface area contributed by atoms with Crippen molar-refractivity contribution in [3.05, 3.63) is 48.6 Å². The van der Waals surface area contributed by atoms with E-state index in [1.807, 2.05) is 0 Å². The summed E-state index contributed by atoms with van der Waals surface area (Å²) < 4.78 is 16.7. The molecule has 0 aliphatic rings. The lowest BCUT2D eigenvalue weighted by atomic mass is 10.1. The van der Waals surface area contributed by atoms with Crippen LogP contribution in [0.5, 0.6) is 0 Å². The molecule has 0 aromatic rings. The molecule has 6 nitrogen and oxygen atoms in total. The molecule has 1 unspecified atom stereocenters. The summed E-state index contributed by atoms with van der Waals surface area (Å²) in [5.74, 6) is -0.920. The van der Waals surface area contributed by atoms with Gasteiger partial charge < -0.3 is 14.2 Å². The molecule has 0 amide bonds. The second-order valence-corrected chi connectivity index (χ2v) is 16.0. The fourth-order valence-electron chi connectivity index (χ4n) is 6.71. The van der Waals surface area contributed by atoms with Gasteiger partial charge in [-0.25, -0.2) is 0 Å². The van der Waals surface area contributed by atoms with Gasteiger partial charge in [0.1, 0.15) is 13.2 Å². The monoisotopic (exact) mass is 799 g/mol. The van der Waals surface area contributed by atoms with Crippen molar-refractivity contribution in [3.8, 4) is 0 Å². The van der Waals surface area contributed by atoms with E-state index in [2.05, 4.69) is 69.4 Å². The largest absolute Gasteiger partial charge is 0.462 e. The highest BCUT2D eigenvalue weighted by molar-refractivity contribution is 5.71. The topological polar surface area (TPSA) is 78.9 Å². The van der Waals surface area contributed by atoms with Gasteiger partial charge in [-0.2, -0.15) is 0 Å². The SMILES string of the molecule is CC/C=C\C/C=C\CCCCCCCCCC(=O)OC(COC(=O)CCCCC/C=C\C=C/CCCCCCCCC)COC(=O)CCCCCCCCCCC. The van der Waals surface area contributed by atoms with E-state index < -0.39 is 6.10 Å². The number of unbranched alkanes of at least 4 members (excludes halogenated alkanes) is 25. The van der Waals surface area contributed by atoms with E-state index in [4.69, 9.17) is 14.2 Å². The van der Waals surface area contributed by atoms with Gasteiger partial charge in [0.25, 0.3) is 0 Å². The second-order valence-electron chi connectivity index (χ2n) is 16.0. The molecule has 0 aliphatic carbocycles. The van der Waals surface area contributed by atoms with E-state index in [9.17, 15) is 14.4 Å². The average molecular weight is 799 g/mol. The van der Waals surface area contributed by atoms with Crippen LogP contribution in [0.2, 0.25) is 0 Å². The van der Waals surface area contributed by atoms with Crippen LogP contribution >= 0.6 is 0 Å². The molecule has 57 heavy (non-hydrogen) atoms. The predicted octanol–water partition coefficient (Wildman–Crippen LogP) is 15.5. The van der Waals surface area contributed by atoms with Gasteiger partial charge in [0, 0.05) is 19.3 Å². The van der Waals surface area contributed by atoms with Gasteiger partial charge in [0.05, 0.1) is 0 Å². The Hall–Kier alpha value is -2.63. The third-order valence-electron chi connectivity index (χ3n) is 10.3. The molecule has 0 N–H and O–H groups in total. The zero-order chi connectivity index (χ0) is 41.5. The van der Waals surface area contributed by atoms with E-state index in [0.717, 1.165) is 89.9 Å². The molecular weight excluding hydrogens is 709 g/mol. The minimum absolute atomic E-state index is 0.0836. The Bertz CT molecular complexity index is 1010. The van der Waals surface area contributed by atoms with Crippen LogP contribution in [0.1, 0.15) is 239 Å². The van der Waals surface area contributed by atoms with Gasteiger partial charge in [0.2, 0.25) is 0 Å². The Balaban J connectivity index is 4.39. The van der Waals surface area contributed by atoms with Crippen molar-refractivity contribution >= 4 is 17.9 Å². The van der Waals surface area contributed by atoms with Gasteiger partial charge in [-0.15, -0.1) is 0 Å². The van der Waals surface area contributed by atoms with E-state index in [0.29, 0.717) is 19.3 Å². The van der Waals surface area contributed by atoms with Gasteiger partial charge in [-0.1, -0.05) is 198 Å². The number of hydrogen-bond donors (Lipinski definition) is 0. The molecule has 6 heteroatoms. The van der Waals surface area contributed by atoms with Crippen LogP contribution in [0.25, 0.3) is 0 Å². The maximum atomic E-state index is 12.7. The summed E-state index contributed by atoms with van der Waals surface area (Å²) in [7, 11) is 0. The maximum Gasteiger partial charge on any atom is 0.306 e. The molecule has 0 heterocycles. The number of rotatable bonds is 43. The first kappa shape index (κ1) is 54.4. The lowest BCUT2D eigenvalue weighted by Gasteiger charge is -2.18. The number of esters is 3. The normalized spacial score (nSPS) is 12.4. The second kappa shape index (κ2) is 46.1. The molecule has 0 aromatic heterocycles. The highest BCUT2D eigenvalue weighted by atomic mass is 16.6. The van der Waals surface area contributed by atoms with Crippen LogP contribution in [0, 0.1) is 0 Å². The number of allylic oxidation sites excluding steroid dienone is 8. The molecule has 0 saturated heterocycles. The van der Waals surface area contributed by atoms with E-state index in [1.165, 1.54) is 109 Å². The Kier molecular flexibility index (Phi) is 43.9. The lowest BCUT2D eigenvalue weighted by molar-refractivity contribution is -0.167. The number of ether oxygens (including phenoxy) is 3. The molecule has 330 valence electrons. The first-order valence-electron chi connectivity index (χ1n) is 24.2. The third-order valence-corrected chi connectivity index (χ3v) is 10.3. The quantitative estimate of drug-likeness (QED) is 0.0201. The lowest BCUT2D eigenvalue weighted by Crippen LogP contribution is -2.30. The molecule has 0 radical (unpaired) electrons. The van der Waals surface area contributed by atoms with Gasteiger partial charge in [0.15, 0.2) is 6.10 Å². The molecule has 0 rings (SSSR count). The summed E-state index contributed by atoms with van der Waals surface area (Å²) in [5, 5.41) is 0. The van der Waals surface area contributed by atoms with Crippen molar-refractivity contribution in [2.75, 3.05) is 13.2 Å². The number of carbonyl (C=O) groups excluding carboxylic acids is 3. The van der Waals surface area contributed by atoms with Crippen molar-refractivity contribution < 1.29 is 28.6 Å². The molecule has 1 atom stereocenters. The summed E-state index contributed by atoms with van der Waals surface area (Å²) >= 11 is 0. The van der Waals surface area contributed by atoms with Gasteiger partial charge >= 0.3 is 17.9 Å². The first-order chi connectivity index (χ1) is 28.0. The van der Waals surface area contributed by atoms with Crippen molar-refractivity contribution in [1.29, 1.82) is 0 Å². The Morgan fingerprint density at radius 1 is 0.386 bits per heavy atom. The van der Waals surface area contributed by atoms with Crippen molar-refractivity contribution in [3.63, 3.8) is 0 Å². The average Bonchev–Trinajstić information content (AvgIpc) is 3.21. The molecule has 0 spiro atoms. The molecule has 0 aliphatic heterocycles. The Morgan fingerprint density at radius 2 is 0.737 bits per heavy atom. The predicted molar refractivity (Wildman–Crippen MR) is 242 cm³/mol. The fraction of sp³-hybridized carbons (Fsp3) is 0.784. The number of hydrogen-bond acceptors (Lipinski definition) is 6. The van der Waals surface area contributed by atoms with Crippen molar-refractivity contribution in [1.82, 2.24) is 0 Å². The summed E-state index contributed by atoms with van der Waals surface area (Å²) in [4.78, 5) is 37.8. The Morgan fingerprint density at radius 3 is 1.18 bits per heavy atom. The van der Waals surface area contributed by atoms with Crippen LogP contribution < -0.4 is 0 Å². The summed E-state index contributed by atoms with van der Waals surface area (Å²) in [6.45, 7) is 6.48. The fourth-order valence-corrected chi connectivity index (χ4v) is 6.71. The van der Waals surface area contributed by atoms with Crippen LogP contribution in [0.4, 0.5) is 0 Å². The summed E-state index contributed by atoms with van der Waals surface area (Å²) in [5.41, 5.74) is 0. The molecular formula is C51H90O6. The van der Waals surface area contributed by atoms with Crippen LogP contribution in [0.15, 0.2) is 48.6 Å². The highest BCUT2D eigenvalue weighted by Gasteiger charge is 2.19. The van der Waals surface area contributed by atoms with Crippen LogP contribution in [-0.4, -0.2) is 37.2 Å². The maximum absolute atomic E-state index is 12.7. The summed E-state index contributed by atoms with van der Waals surface area (Å²) in [6.07, 6.45) is 53.8. The molecule has 0 fully saturated rings. The smallest absolute Gasteiger partial charge is 0.306 e. The van der Waals surface area contributed by atoms with Crippen molar-refractivity contribution in [2.45, 2.75) is 245 Å². The zero-order valence-corrected chi connectivity index (χ0v) is 37.6. The first-order valence-corrected chi connectivity index (χ1v) is 24.2. The highest BCUT2D eigenvalue weighted by Crippen LogP contribution is 2.14. The zero-order valence-electron chi connectivity index (χ0n) is 37.6.